The van der Waals surface area contributed by atoms with Crippen LogP contribution in [-0.2, 0) is 0 Å². The Morgan fingerprint density at radius 3 is 1.59 bits per heavy atom. The summed E-state index contributed by atoms with van der Waals surface area (Å²) in [7, 11) is 0. The Labute approximate surface area is 395 Å². The summed E-state index contributed by atoms with van der Waals surface area (Å²) >= 11 is 0. The maximum atomic E-state index is 2.45. The van der Waals surface area contributed by atoms with Gasteiger partial charge in [-0.25, -0.2) is 0 Å². The Morgan fingerprint density at radius 1 is 0.265 bits per heavy atom. The number of anilines is 3. The van der Waals surface area contributed by atoms with Gasteiger partial charge in [0.15, 0.2) is 0 Å². The predicted octanol–water partition coefficient (Wildman–Crippen LogP) is 18.4. The molecule has 0 aliphatic heterocycles. The summed E-state index contributed by atoms with van der Waals surface area (Å²) in [4.78, 5) is 2.40. The van der Waals surface area contributed by atoms with Gasteiger partial charge in [0, 0.05) is 39.1 Å². The van der Waals surface area contributed by atoms with Crippen LogP contribution in [-0.4, -0.2) is 4.57 Å². The minimum absolute atomic E-state index is 1.08. The van der Waals surface area contributed by atoms with E-state index in [9.17, 15) is 0 Å². The third kappa shape index (κ3) is 6.73. The number of nitrogens with zero attached hydrogens (tertiary/aromatic N) is 2. The van der Waals surface area contributed by atoms with Crippen LogP contribution >= 0.6 is 0 Å². The van der Waals surface area contributed by atoms with Crippen molar-refractivity contribution in [1.82, 2.24) is 4.57 Å². The molecule has 0 radical (unpaired) electrons. The molecule has 0 spiro atoms. The van der Waals surface area contributed by atoms with Gasteiger partial charge in [0.25, 0.3) is 0 Å². The zero-order valence-corrected chi connectivity index (χ0v) is 37.3. The molecule has 318 valence electrons. The summed E-state index contributed by atoms with van der Waals surface area (Å²) < 4.78 is 2.45. The van der Waals surface area contributed by atoms with Crippen molar-refractivity contribution in [2.75, 3.05) is 4.90 Å². The number of hydrogen-bond donors (Lipinski definition) is 0. The van der Waals surface area contributed by atoms with Crippen LogP contribution in [0.3, 0.4) is 0 Å². The van der Waals surface area contributed by atoms with Crippen LogP contribution in [0.2, 0.25) is 0 Å². The number of fused-ring (bicyclic) bond motifs is 7. The van der Waals surface area contributed by atoms with Crippen molar-refractivity contribution in [2.24, 2.45) is 0 Å². The van der Waals surface area contributed by atoms with Crippen molar-refractivity contribution in [1.29, 1.82) is 0 Å². The fourth-order valence-electron chi connectivity index (χ4n) is 10.6. The van der Waals surface area contributed by atoms with E-state index < -0.39 is 0 Å². The molecule has 0 amide bonds. The molecule has 0 aliphatic rings. The second-order valence-electron chi connectivity index (χ2n) is 17.7. The number of hydrogen-bond acceptors (Lipinski definition) is 1. The van der Waals surface area contributed by atoms with Gasteiger partial charge in [0.1, 0.15) is 0 Å². The summed E-state index contributed by atoms with van der Waals surface area (Å²) in [5.41, 5.74) is 16.3. The van der Waals surface area contributed by atoms with Crippen molar-refractivity contribution < 1.29 is 0 Å². The zero-order chi connectivity index (χ0) is 45.0. The van der Waals surface area contributed by atoms with E-state index in [0.29, 0.717) is 0 Å². The van der Waals surface area contributed by atoms with E-state index in [2.05, 4.69) is 276 Å². The lowest BCUT2D eigenvalue weighted by Gasteiger charge is -2.26. The van der Waals surface area contributed by atoms with Gasteiger partial charge in [-0.15, -0.1) is 0 Å². The molecule has 1 heterocycles. The molecule has 0 saturated heterocycles. The lowest BCUT2D eigenvalue weighted by atomic mass is 9.94. The van der Waals surface area contributed by atoms with E-state index in [0.717, 1.165) is 28.3 Å². The van der Waals surface area contributed by atoms with Gasteiger partial charge in [-0.3, -0.25) is 0 Å². The molecule has 0 unspecified atom stereocenters. The molecule has 0 N–H and O–H groups in total. The first-order chi connectivity index (χ1) is 33.7. The van der Waals surface area contributed by atoms with E-state index >= 15 is 0 Å². The molecule has 0 fully saturated rings. The highest BCUT2D eigenvalue weighted by Crippen LogP contribution is 2.45. The zero-order valence-electron chi connectivity index (χ0n) is 37.3. The van der Waals surface area contributed by atoms with Crippen molar-refractivity contribution in [3.8, 4) is 50.2 Å². The minimum atomic E-state index is 1.08. The van der Waals surface area contributed by atoms with Crippen LogP contribution in [0.25, 0.3) is 104 Å². The van der Waals surface area contributed by atoms with Crippen LogP contribution in [0.4, 0.5) is 17.1 Å². The highest BCUT2D eigenvalue weighted by atomic mass is 15.1. The van der Waals surface area contributed by atoms with E-state index in [1.165, 1.54) is 93.1 Å². The lowest BCUT2D eigenvalue weighted by Crippen LogP contribution is -2.10. The maximum absolute atomic E-state index is 2.45. The Balaban J connectivity index is 0.967. The second-order valence-corrected chi connectivity index (χ2v) is 17.7. The van der Waals surface area contributed by atoms with E-state index in [1.807, 2.05) is 0 Å². The van der Waals surface area contributed by atoms with Gasteiger partial charge in [0.05, 0.1) is 11.0 Å². The Hall–Kier alpha value is -8.98. The summed E-state index contributed by atoms with van der Waals surface area (Å²) in [6.07, 6.45) is 0. The molecule has 68 heavy (non-hydrogen) atoms. The first-order valence-corrected chi connectivity index (χ1v) is 23.4. The van der Waals surface area contributed by atoms with Crippen LogP contribution < -0.4 is 4.90 Å². The Morgan fingerprint density at radius 2 is 0.809 bits per heavy atom. The summed E-state index contributed by atoms with van der Waals surface area (Å²) in [6, 6.07) is 97.5. The van der Waals surface area contributed by atoms with Gasteiger partial charge >= 0.3 is 0 Å². The highest BCUT2D eigenvalue weighted by Gasteiger charge is 2.22. The average molecular weight is 865 g/mol. The first-order valence-electron chi connectivity index (χ1n) is 23.4. The predicted molar refractivity (Wildman–Crippen MR) is 290 cm³/mol. The van der Waals surface area contributed by atoms with Crippen molar-refractivity contribution >= 4 is 71.2 Å². The third-order valence-electron chi connectivity index (χ3n) is 13.8. The molecule has 13 rings (SSSR count). The molecular weight excluding hydrogens is 821 g/mol. The first kappa shape index (κ1) is 39.4. The number of rotatable bonds is 8. The fourth-order valence-corrected chi connectivity index (χ4v) is 10.6. The van der Waals surface area contributed by atoms with E-state index in [-0.39, 0.29) is 0 Å². The van der Waals surface area contributed by atoms with Crippen LogP contribution in [0, 0.1) is 0 Å². The molecule has 0 bridgehead atoms. The molecule has 0 atom stereocenters. The number of benzene rings is 12. The van der Waals surface area contributed by atoms with E-state index in [4.69, 9.17) is 0 Å². The van der Waals surface area contributed by atoms with Gasteiger partial charge in [-0.2, -0.15) is 0 Å². The van der Waals surface area contributed by atoms with Gasteiger partial charge in [-0.05, 0) is 132 Å². The second kappa shape index (κ2) is 16.5. The Kier molecular flexibility index (Phi) is 9.54. The average Bonchev–Trinajstić information content (AvgIpc) is 3.77. The van der Waals surface area contributed by atoms with Gasteiger partial charge in [0.2, 0.25) is 0 Å². The van der Waals surface area contributed by atoms with Crippen molar-refractivity contribution in [3.63, 3.8) is 0 Å². The molecule has 1 aromatic heterocycles. The molecule has 12 aromatic carbocycles. The lowest BCUT2D eigenvalue weighted by molar-refractivity contribution is 1.18. The van der Waals surface area contributed by atoms with Crippen molar-refractivity contribution in [3.05, 3.63) is 267 Å². The Bertz CT molecular complexity index is 3990. The van der Waals surface area contributed by atoms with Gasteiger partial charge < -0.3 is 9.47 Å². The van der Waals surface area contributed by atoms with E-state index in [1.54, 1.807) is 0 Å². The molecule has 2 heteroatoms. The third-order valence-corrected chi connectivity index (χ3v) is 13.8. The minimum Gasteiger partial charge on any atom is -0.310 e. The standard InChI is InChI=1S/C66H44N2/c1-3-15-47(16-4-1)62-42-41-61(65-63-26-11-12-28-64(63)68(66(62)65)53-21-5-2-6-22-53)51-20-13-23-56(44-51)67(55-38-33-49(34-39-55)59-27-14-19-46-17-7-9-24-57(46)59)54-36-31-45(32-37-54)50-35-40-60-52(43-50)30-29-48-18-8-10-25-58(48)60/h1-44H. The van der Waals surface area contributed by atoms with Crippen LogP contribution in [0.5, 0.6) is 0 Å². The largest absolute Gasteiger partial charge is 0.310 e. The molecular formula is C66H44N2. The number of aromatic nitrogens is 1. The smallest absolute Gasteiger partial charge is 0.0625 e. The molecule has 13 aromatic rings. The summed E-state index contributed by atoms with van der Waals surface area (Å²) in [5, 5.41) is 10.0. The molecule has 0 saturated carbocycles. The van der Waals surface area contributed by atoms with Gasteiger partial charge in [-0.1, -0.05) is 206 Å². The molecule has 2 nitrogen and oxygen atoms in total. The maximum Gasteiger partial charge on any atom is 0.0625 e. The normalized spacial score (nSPS) is 11.5. The summed E-state index contributed by atoms with van der Waals surface area (Å²) in [6.45, 7) is 0. The fraction of sp³-hybridized carbons (Fsp3) is 0. The van der Waals surface area contributed by atoms with Crippen LogP contribution in [0.1, 0.15) is 0 Å². The SMILES string of the molecule is c1ccc(-c2ccc(-c3cccc(N(c4ccc(-c5ccc6c(ccc7ccccc76)c5)cc4)c4ccc(-c5cccc6ccccc56)cc4)c3)c3c4ccccc4n(-c4ccccc4)c23)cc1. The monoisotopic (exact) mass is 864 g/mol. The van der Waals surface area contributed by atoms with Crippen molar-refractivity contribution in [2.45, 2.75) is 0 Å². The number of para-hydroxylation sites is 2. The quantitative estimate of drug-likeness (QED) is 0.138. The topological polar surface area (TPSA) is 8.17 Å². The summed E-state index contributed by atoms with van der Waals surface area (Å²) in [5.74, 6) is 0. The molecule has 0 aliphatic carbocycles. The highest BCUT2D eigenvalue weighted by molar-refractivity contribution is 6.20. The van der Waals surface area contributed by atoms with Crippen LogP contribution in [0.15, 0.2) is 267 Å².